The van der Waals surface area contributed by atoms with Gasteiger partial charge in [-0.1, -0.05) is 30.3 Å². The summed E-state index contributed by atoms with van der Waals surface area (Å²) in [5.74, 6) is -1.12. The number of rotatable bonds is 5. The molecule has 0 unspecified atom stereocenters. The van der Waals surface area contributed by atoms with Crippen LogP contribution in [-0.4, -0.2) is 27.5 Å². The Bertz CT molecular complexity index is 1150. The van der Waals surface area contributed by atoms with Crippen molar-refractivity contribution < 1.29 is 19.3 Å². The summed E-state index contributed by atoms with van der Waals surface area (Å²) in [5, 5.41) is 13.5. The van der Waals surface area contributed by atoms with Crippen LogP contribution in [0.25, 0.3) is 0 Å². The Morgan fingerprint density at radius 3 is 2.13 bits per heavy atom. The van der Waals surface area contributed by atoms with Crippen LogP contribution in [-0.2, 0) is 6.54 Å². The number of carbonyl (C=O) groups excluding carboxylic acids is 3. The molecule has 0 radical (unpaired) electrons. The van der Waals surface area contributed by atoms with E-state index in [9.17, 15) is 24.5 Å². The number of amides is 3. The van der Waals surface area contributed by atoms with Crippen molar-refractivity contribution >= 4 is 29.1 Å². The van der Waals surface area contributed by atoms with E-state index in [1.165, 1.54) is 23.1 Å². The van der Waals surface area contributed by atoms with E-state index in [0.717, 1.165) is 0 Å². The Balaban J connectivity index is 1.45. The summed E-state index contributed by atoms with van der Waals surface area (Å²) in [6.07, 6.45) is 0. The Kier molecular flexibility index (Phi) is 4.81. The van der Waals surface area contributed by atoms with Crippen molar-refractivity contribution in [1.29, 1.82) is 0 Å². The highest BCUT2D eigenvalue weighted by Gasteiger charge is 2.34. The topological polar surface area (TPSA) is 110 Å². The summed E-state index contributed by atoms with van der Waals surface area (Å²) in [7, 11) is 0. The number of nitrogens with one attached hydrogen (secondary N) is 1. The number of nitro groups is 1. The summed E-state index contributed by atoms with van der Waals surface area (Å²) in [4.78, 5) is 48.8. The number of fused-ring (bicyclic) bond motifs is 1. The quantitative estimate of drug-likeness (QED) is 0.399. The van der Waals surface area contributed by atoms with Gasteiger partial charge in [0.25, 0.3) is 23.4 Å². The molecule has 1 N–H and O–H groups in total. The highest BCUT2D eigenvalue weighted by Crippen LogP contribution is 2.24. The number of carbonyl (C=O) groups is 3. The predicted octanol–water partition coefficient (Wildman–Crippen LogP) is 3.64. The zero-order valence-corrected chi connectivity index (χ0v) is 15.6. The summed E-state index contributed by atoms with van der Waals surface area (Å²) in [5.41, 5.74) is 1.99. The molecule has 3 aromatic carbocycles. The molecule has 8 nitrogen and oxygen atoms in total. The smallest absolute Gasteiger partial charge is 0.271 e. The van der Waals surface area contributed by atoms with Crippen molar-refractivity contribution in [3.05, 3.63) is 105 Å². The molecule has 1 aliphatic heterocycles. The van der Waals surface area contributed by atoms with E-state index in [1.54, 1.807) is 54.6 Å². The van der Waals surface area contributed by atoms with Crippen molar-refractivity contribution in [2.75, 3.05) is 5.32 Å². The second kappa shape index (κ2) is 7.59. The first kappa shape index (κ1) is 19.0. The Hall–Kier alpha value is -4.33. The van der Waals surface area contributed by atoms with Crippen LogP contribution in [0.3, 0.4) is 0 Å². The molecule has 3 aromatic rings. The molecular weight excluding hydrogens is 386 g/mol. The van der Waals surface area contributed by atoms with Crippen molar-refractivity contribution in [3.8, 4) is 0 Å². The van der Waals surface area contributed by atoms with Gasteiger partial charge in [0.2, 0.25) is 0 Å². The van der Waals surface area contributed by atoms with Gasteiger partial charge < -0.3 is 5.32 Å². The molecule has 0 fully saturated rings. The lowest BCUT2D eigenvalue weighted by Gasteiger charge is -2.14. The summed E-state index contributed by atoms with van der Waals surface area (Å²) >= 11 is 0. The lowest BCUT2D eigenvalue weighted by Crippen LogP contribution is -2.29. The fourth-order valence-corrected chi connectivity index (χ4v) is 3.23. The maximum Gasteiger partial charge on any atom is 0.271 e. The van der Waals surface area contributed by atoms with Crippen molar-refractivity contribution in [2.45, 2.75) is 6.54 Å². The lowest BCUT2D eigenvalue weighted by atomic mass is 10.1. The first-order chi connectivity index (χ1) is 14.4. The van der Waals surface area contributed by atoms with Crippen LogP contribution >= 0.6 is 0 Å². The highest BCUT2D eigenvalue weighted by molar-refractivity contribution is 6.21. The van der Waals surface area contributed by atoms with Crippen LogP contribution in [0, 0.1) is 10.1 Å². The molecule has 30 heavy (non-hydrogen) atoms. The number of anilines is 1. The average Bonchev–Trinajstić information content (AvgIpc) is 2.99. The number of imide groups is 1. The lowest BCUT2D eigenvalue weighted by molar-refractivity contribution is -0.384. The monoisotopic (exact) mass is 401 g/mol. The third kappa shape index (κ3) is 3.53. The summed E-state index contributed by atoms with van der Waals surface area (Å²) < 4.78 is 0. The van der Waals surface area contributed by atoms with Crippen LogP contribution in [0.4, 0.5) is 11.4 Å². The molecule has 0 spiro atoms. The number of non-ortho nitro benzene ring substituents is 1. The van der Waals surface area contributed by atoms with Gasteiger partial charge in [-0.15, -0.1) is 0 Å². The van der Waals surface area contributed by atoms with Crippen LogP contribution in [0.15, 0.2) is 72.8 Å². The van der Waals surface area contributed by atoms with Gasteiger partial charge in [0, 0.05) is 23.4 Å². The fraction of sp³-hybridized carbons (Fsp3) is 0.0455. The normalized spacial score (nSPS) is 12.6. The van der Waals surface area contributed by atoms with Crippen LogP contribution in [0.1, 0.15) is 36.6 Å². The number of nitrogens with zero attached hydrogens (tertiary/aromatic N) is 2. The molecular formula is C22H15N3O5. The second-order valence-electron chi connectivity index (χ2n) is 6.70. The standard InChI is InChI=1S/C22H15N3O5/c26-20(23-16-4-3-5-17(12-16)25(29)30)15-10-8-14(9-11-15)13-24-21(27)18-6-1-2-7-19(18)22(24)28/h1-12H,13H2,(H,23,26). The maximum atomic E-state index is 12.5. The van der Waals surface area contributed by atoms with Crippen LogP contribution in [0.5, 0.6) is 0 Å². The van der Waals surface area contributed by atoms with E-state index in [1.807, 2.05) is 0 Å². The molecule has 1 heterocycles. The number of hydrogen-bond acceptors (Lipinski definition) is 5. The Morgan fingerprint density at radius 2 is 1.53 bits per heavy atom. The zero-order chi connectivity index (χ0) is 21.3. The molecule has 0 bridgehead atoms. The van der Waals surface area contributed by atoms with Crippen LogP contribution in [0.2, 0.25) is 0 Å². The molecule has 0 atom stereocenters. The zero-order valence-electron chi connectivity index (χ0n) is 15.6. The van der Waals surface area contributed by atoms with Crippen molar-refractivity contribution in [1.82, 2.24) is 4.90 Å². The molecule has 0 aromatic heterocycles. The Morgan fingerprint density at radius 1 is 0.900 bits per heavy atom. The van der Waals surface area contributed by atoms with Crippen molar-refractivity contribution in [3.63, 3.8) is 0 Å². The average molecular weight is 401 g/mol. The molecule has 0 saturated carbocycles. The van der Waals surface area contributed by atoms with E-state index < -0.39 is 10.8 Å². The number of nitro benzene ring substituents is 1. The van der Waals surface area contributed by atoms with E-state index in [2.05, 4.69) is 5.32 Å². The third-order valence-corrected chi connectivity index (χ3v) is 4.75. The van der Waals surface area contributed by atoms with Gasteiger partial charge in [-0.3, -0.25) is 29.4 Å². The van der Waals surface area contributed by atoms with Gasteiger partial charge in [-0.05, 0) is 35.9 Å². The molecule has 1 aliphatic rings. The van der Waals surface area contributed by atoms with Gasteiger partial charge in [0.05, 0.1) is 22.6 Å². The SMILES string of the molecule is O=C(Nc1cccc([N+](=O)[O-])c1)c1ccc(CN2C(=O)c3ccccc3C2=O)cc1. The predicted molar refractivity (Wildman–Crippen MR) is 108 cm³/mol. The summed E-state index contributed by atoms with van der Waals surface area (Å²) in [6, 6.07) is 18.8. The van der Waals surface area contributed by atoms with Gasteiger partial charge in [-0.25, -0.2) is 0 Å². The van der Waals surface area contributed by atoms with Crippen LogP contribution < -0.4 is 5.32 Å². The molecule has 0 saturated heterocycles. The highest BCUT2D eigenvalue weighted by atomic mass is 16.6. The van der Waals surface area contributed by atoms with Gasteiger partial charge in [-0.2, -0.15) is 0 Å². The van der Waals surface area contributed by atoms with Gasteiger partial charge in [0.1, 0.15) is 0 Å². The molecule has 0 aliphatic carbocycles. The fourth-order valence-electron chi connectivity index (χ4n) is 3.23. The summed E-state index contributed by atoms with van der Waals surface area (Å²) in [6.45, 7) is 0.0964. The molecule has 8 heteroatoms. The Labute approximate surface area is 170 Å². The third-order valence-electron chi connectivity index (χ3n) is 4.75. The minimum atomic E-state index is -0.538. The van der Waals surface area contributed by atoms with Crippen molar-refractivity contribution in [2.24, 2.45) is 0 Å². The van der Waals surface area contributed by atoms with E-state index in [4.69, 9.17) is 0 Å². The second-order valence-corrected chi connectivity index (χ2v) is 6.70. The minimum absolute atomic E-state index is 0.0964. The van der Waals surface area contributed by atoms with Gasteiger partial charge >= 0.3 is 0 Å². The minimum Gasteiger partial charge on any atom is -0.322 e. The van der Waals surface area contributed by atoms with E-state index in [-0.39, 0.29) is 24.0 Å². The maximum absolute atomic E-state index is 12.5. The molecule has 4 rings (SSSR count). The largest absolute Gasteiger partial charge is 0.322 e. The molecule has 3 amide bonds. The molecule has 148 valence electrons. The number of hydrogen-bond donors (Lipinski definition) is 1. The first-order valence-electron chi connectivity index (χ1n) is 9.04. The van der Waals surface area contributed by atoms with Gasteiger partial charge in [0.15, 0.2) is 0 Å². The number of benzene rings is 3. The van der Waals surface area contributed by atoms with E-state index >= 15 is 0 Å². The first-order valence-corrected chi connectivity index (χ1v) is 9.04. The van der Waals surface area contributed by atoms with E-state index in [0.29, 0.717) is 27.9 Å².